The van der Waals surface area contributed by atoms with E-state index in [9.17, 15) is 14.4 Å². The van der Waals surface area contributed by atoms with Gasteiger partial charge in [0.1, 0.15) is 17.8 Å². The van der Waals surface area contributed by atoms with Crippen molar-refractivity contribution in [1.82, 2.24) is 5.32 Å². The maximum absolute atomic E-state index is 14.2. The van der Waals surface area contributed by atoms with E-state index >= 15 is 0 Å². The van der Waals surface area contributed by atoms with Crippen molar-refractivity contribution in [2.24, 2.45) is 53.3 Å². The van der Waals surface area contributed by atoms with Crippen molar-refractivity contribution in [3.63, 3.8) is 0 Å². The Hall–Kier alpha value is -2.69. The molecule has 1 N–H and O–H groups in total. The second kappa shape index (κ2) is 7.68. The van der Waals surface area contributed by atoms with Gasteiger partial charge in [-0.3, -0.25) is 19.7 Å². The van der Waals surface area contributed by atoms with Gasteiger partial charge in [0.2, 0.25) is 11.8 Å². The summed E-state index contributed by atoms with van der Waals surface area (Å²) in [4.78, 5) is 39.9. The van der Waals surface area contributed by atoms with Gasteiger partial charge in [0, 0.05) is 17.8 Å². The topological polar surface area (TPSA) is 72.5 Å². The third-order valence-corrected chi connectivity index (χ3v) is 9.17. The van der Waals surface area contributed by atoms with Crippen LogP contribution in [-0.4, -0.2) is 23.7 Å². The molecule has 2 amide bonds. The van der Waals surface area contributed by atoms with Crippen LogP contribution in [0.1, 0.15) is 31.7 Å². The van der Waals surface area contributed by atoms with E-state index in [1.54, 1.807) is 0 Å². The smallest absolute Gasteiger partial charge is 0.237 e. The van der Waals surface area contributed by atoms with Crippen molar-refractivity contribution in [2.45, 2.75) is 38.7 Å². The molecule has 0 aromatic heterocycles. The zero-order chi connectivity index (χ0) is 22.9. The lowest BCUT2D eigenvalue weighted by atomic mass is 9.64. The molecule has 0 spiro atoms. The van der Waals surface area contributed by atoms with E-state index in [1.807, 2.05) is 30.3 Å². The lowest BCUT2D eigenvalue weighted by Gasteiger charge is -2.39. The standard InChI is InChI=1S/C28H31NO4/c1-3-16-7-11-18-20-12-14(2)4-10-19(20)26-23(18)22(16)25(30)24-21(27(31)29-28(24)32)13-15-5-8-17(33-26)9-6-15/h3,5-9,11,14,16,18-24,26H,1,4,10,12-13H2,2H3,(H,29,31,32)/t14-,16+,18+,19-,20+,21+,22+,23+,24-,26+/m1/s1. The van der Waals surface area contributed by atoms with Crippen molar-refractivity contribution >= 4 is 17.6 Å². The van der Waals surface area contributed by atoms with Crippen LogP contribution in [0, 0.1) is 53.3 Å². The number of nitrogens with one attached hydrogen (secondary N) is 1. The van der Waals surface area contributed by atoms with Gasteiger partial charge in [0.05, 0.1) is 5.92 Å². The number of imide groups is 1. The van der Waals surface area contributed by atoms with Crippen LogP contribution in [-0.2, 0) is 20.8 Å². The largest absolute Gasteiger partial charge is 0.490 e. The van der Waals surface area contributed by atoms with Gasteiger partial charge in [-0.2, -0.15) is 0 Å². The van der Waals surface area contributed by atoms with Crippen molar-refractivity contribution in [1.29, 1.82) is 0 Å². The van der Waals surface area contributed by atoms with E-state index in [4.69, 9.17) is 4.74 Å². The van der Waals surface area contributed by atoms with E-state index in [0.29, 0.717) is 24.2 Å². The first-order chi connectivity index (χ1) is 16.0. The predicted octanol–water partition coefficient (Wildman–Crippen LogP) is 3.73. The van der Waals surface area contributed by atoms with Crippen LogP contribution in [0.25, 0.3) is 0 Å². The summed E-state index contributed by atoms with van der Waals surface area (Å²) < 4.78 is 6.72. The van der Waals surface area contributed by atoms with E-state index in [1.165, 1.54) is 6.42 Å². The molecule has 1 aromatic rings. The lowest BCUT2D eigenvalue weighted by Crippen LogP contribution is -2.46. The van der Waals surface area contributed by atoms with Gasteiger partial charge in [-0.05, 0) is 60.6 Å². The second-order valence-corrected chi connectivity index (χ2v) is 10.9. The summed E-state index contributed by atoms with van der Waals surface area (Å²) in [6, 6.07) is 7.89. The fourth-order valence-corrected chi connectivity index (χ4v) is 7.69. The molecule has 6 aliphatic rings. The van der Waals surface area contributed by atoms with Gasteiger partial charge < -0.3 is 4.74 Å². The number of ketones is 1. The van der Waals surface area contributed by atoms with Crippen LogP contribution < -0.4 is 10.1 Å². The van der Waals surface area contributed by atoms with Crippen LogP contribution in [0.5, 0.6) is 5.75 Å². The molecule has 3 heterocycles. The molecule has 3 aliphatic heterocycles. The molecule has 3 aliphatic carbocycles. The summed E-state index contributed by atoms with van der Waals surface area (Å²) in [7, 11) is 0. The van der Waals surface area contributed by atoms with Crippen molar-refractivity contribution < 1.29 is 19.1 Å². The van der Waals surface area contributed by atoms with Gasteiger partial charge in [-0.15, -0.1) is 6.58 Å². The monoisotopic (exact) mass is 445 g/mol. The first-order valence-corrected chi connectivity index (χ1v) is 12.4. The second-order valence-electron chi connectivity index (χ2n) is 10.9. The highest BCUT2D eigenvalue weighted by atomic mass is 16.5. The van der Waals surface area contributed by atoms with Crippen LogP contribution in [0.2, 0.25) is 0 Å². The zero-order valence-corrected chi connectivity index (χ0v) is 19.0. The molecular weight excluding hydrogens is 414 g/mol. The van der Waals surface area contributed by atoms with Crippen LogP contribution in [0.4, 0.5) is 0 Å². The number of Topliss-reactive ketones (excluding diaryl/α,β-unsaturated/α-hetero) is 1. The average molecular weight is 446 g/mol. The number of ether oxygens (including phenoxy) is 1. The number of carbonyl (C=O) groups is 3. The number of carbonyl (C=O) groups excluding carboxylic acids is 3. The van der Waals surface area contributed by atoms with Crippen LogP contribution in [0.15, 0.2) is 49.1 Å². The summed E-state index contributed by atoms with van der Waals surface area (Å²) in [6.45, 7) is 6.35. The maximum atomic E-state index is 14.2. The zero-order valence-electron chi connectivity index (χ0n) is 19.0. The number of hydrogen-bond donors (Lipinski definition) is 1. The molecule has 0 unspecified atom stereocenters. The highest BCUT2D eigenvalue weighted by molar-refractivity contribution is 6.16. The number of amides is 2. The molecule has 2 saturated carbocycles. The number of fused-ring (bicyclic) bond motifs is 4. The molecule has 0 radical (unpaired) electrons. The normalized spacial score (nSPS) is 43.5. The molecule has 7 rings (SSSR count). The maximum Gasteiger partial charge on any atom is 0.237 e. The first kappa shape index (κ1) is 20.9. The third kappa shape index (κ3) is 3.15. The molecule has 5 heteroatoms. The first-order valence-electron chi connectivity index (χ1n) is 12.4. The van der Waals surface area contributed by atoms with Crippen LogP contribution in [0.3, 0.4) is 0 Å². The van der Waals surface area contributed by atoms with Gasteiger partial charge in [-0.25, -0.2) is 0 Å². The fourth-order valence-electron chi connectivity index (χ4n) is 7.69. The number of allylic oxidation sites excluding steroid dienone is 3. The minimum absolute atomic E-state index is 0.0194. The molecule has 3 fully saturated rings. The molecule has 1 saturated heterocycles. The summed E-state index contributed by atoms with van der Waals surface area (Å²) in [5.74, 6) is -0.483. The molecule has 33 heavy (non-hydrogen) atoms. The molecule has 2 bridgehead atoms. The molecule has 1 aromatic carbocycles. The quantitative estimate of drug-likeness (QED) is 0.406. The van der Waals surface area contributed by atoms with Gasteiger partial charge in [0.15, 0.2) is 5.78 Å². The Morgan fingerprint density at radius 3 is 2.58 bits per heavy atom. The Labute approximate surface area is 194 Å². The Morgan fingerprint density at radius 2 is 1.82 bits per heavy atom. The van der Waals surface area contributed by atoms with E-state index in [-0.39, 0.29) is 35.5 Å². The lowest BCUT2D eigenvalue weighted by molar-refractivity contribution is -0.139. The van der Waals surface area contributed by atoms with Crippen molar-refractivity contribution in [3.05, 3.63) is 54.6 Å². The predicted molar refractivity (Wildman–Crippen MR) is 123 cm³/mol. The summed E-state index contributed by atoms with van der Waals surface area (Å²) in [5.41, 5.74) is 0.935. The van der Waals surface area contributed by atoms with Crippen molar-refractivity contribution in [3.8, 4) is 5.75 Å². The Morgan fingerprint density at radius 1 is 1.03 bits per heavy atom. The molecule has 5 nitrogen and oxygen atoms in total. The van der Waals surface area contributed by atoms with Gasteiger partial charge in [-0.1, -0.05) is 43.7 Å². The third-order valence-electron chi connectivity index (χ3n) is 9.17. The minimum atomic E-state index is -0.946. The highest BCUT2D eigenvalue weighted by Gasteiger charge is 2.60. The summed E-state index contributed by atoms with van der Waals surface area (Å²) in [6.07, 6.45) is 9.95. The summed E-state index contributed by atoms with van der Waals surface area (Å²) in [5, 5.41) is 2.46. The molecular formula is C28H31NO4. The Balaban J connectivity index is 1.51. The minimum Gasteiger partial charge on any atom is -0.490 e. The van der Waals surface area contributed by atoms with E-state index in [2.05, 4.69) is 31.0 Å². The number of benzene rings is 1. The SMILES string of the molecule is C=C[C@H]1C=C[C@H]2[C@@H]3C[C@H](C)CC[C@H]3[C@@H]3Oc4ccc(cc4)C[C@@H]4C(=O)NC(=O)[C@H]4C(=O)[C@@H]1[C@H]23. The molecule has 10 atom stereocenters. The fraction of sp³-hybridized carbons (Fsp3) is 0.536. The van der Waals surface area contributed by atoms with Gasteiger partial charge >= 0.3 is 0 Å². The van der Waals surface area contributed by atoms with E-state index < -0.39 is 23.7 Å². The van der Waals surface area contributed by atoms with Gasteiger partial charge in [0.25, 0.3) is 0 Å². The van der Waals surface area contributed by atoms with Crippen LogP contribution >= 0.6 is 0 Å². The number of hydrogen-bond acceptors (Lipinski definition) is 4. The van der Waals surface area contributed by atoms with Crippen molar-refractivity contribution in [2.75, 3.05) is 0 Å². The molecule has 172 valence electrons. The Bertz CT molecular complexity index is 1040. The highest BCUT2D eigenvalue weighted by Crippen LogP contribution is 2.58. The Kier molecular flexibility index (Phi) is 4.86. The average Bonchev–Trinajstić information content (AvgIpc) is 3.25. The number of rotatable bonds is 1. The summed E-state index contributed by atoms with van der Waals surface area (Å²) >= 11 is 0. The van der Waals surface area contributed by atoms with E-state index in [0.717, 1.165) is 24.2 Å².